The predicted molar refractivity (Wildman–Crippen MR) is 58.5 cm³/mol. The van der Waals surface area contributed by atoms with Gasteiger partial charge in [0.25, 0.3) is 0 Å². The Morgan fingerprint density at radius 3 is 2.71 bits per heavy atom. The van der Waals surface area contributed by atoms with Crippen molar-refractivity contribution in [3.63, 3.8) is 0 Å². The number of rotatable bonds is 3. The van der Waals surface area contributed by atoms with Gasteiger partial charge in [0, 0.05) is 0 Å². The zero-order valence-electron chi connectivity index (χ0n) is 8.18. The van der Waals surface area contributed by atoms with Gasteiger partial charge < -0.3 is 0 Å². The Morgan fingerprint density at radius 2 is 2.21 bits per heavy atom. The second kappa shape index (κ2) is 4.69. The van der Waals surface area contributed by atoms with Crippen LogP contribution in [-0.4, -0.2) is 10.6 Å². The molecular formula is C11H12BrFO. The standard InChI is InChI=1S/C11H12BrFO/c1-3-8-5-4-6-9(10(8)13)11(14)7(2)12/h4-7H,3H2,1-2H3. The lowest BCUT2D eigenvalue weighted by atomic mass is 10.0. The van der Waals surface area contributed by atoms with Gasteiger partial charge in [-0.2, -0.15) is 0 Å². The summed E-state index contributed by atoms with van der Waals surface area (Å²) in [5, 5.41) is 0. The first-order valence-electron chi connectivity index (χ1n) is 4.53. The summed E-state index contributed by atoms with van der Waals surface area (Å²) in [6.07, 6.45) is 0.601. The van der Waals surface area contributed by atoms with E-state index in [1.165, 1.54) is 6.07 Å². The Hall–Kier alpha value is -0.700. The molecule has 0 bridgehead atoms. The lowest BCUT2D eigenvalue weighted by Gasteiger charge is -2.07. The van der Waals surface area contributed by atoms with Crippen molar-refractivity contribution in [2.75, 3.05) is 0 Å². The fourth-order valence-electron chi connectivity index (χ4n) is 1.26. The fourth-order valence-corrected chi connectivity index (χ4v) is 1.50. The Balaban J connectivity index is 3.16. The van der Waals surface area contributed by atoms with Gasteiger partial charge >= 0.3 is 0 Å². The topological polar surface area (TPSA) is 17.1 Å². The number of ketones is 1. The van der Waals surface area contributed by atoms with Crippen molar-refractivity contribution < 1.29 is 9.18 Å². The monoisotopic (exact) mass is 258 g/mol. The van der Waals surface area contributed by atoms with Gasteiger partial charge in [-0.15, -0.1) is 0 Å². The third kappa shape index (κ3) is 2.21. The molecule has 0 aliphatic rings. The van der Waals surface area contributed by atoms with Crippen LogP contribution in [-0.2, 0) is 6.42 Å². The Morgan fingerprint density at radius 1 is 1.57 bits per heavy atom. The van der Waals surface area contributed by atoms with Crippen LogP contribution in [0, 0.1) is 5.82 Å². The normalized spacial score (nSPS) is 12.6. The number of hydrogen-bond acceptors (Lipinski definition) is 1. The summed E-state index contributed by atoms with van der Waals surface area (Å²) in [4.78, 5) is 11.2. The van der Waals surface area contributed by atoms with Gasteiger partial charge in [-0.1, -0.05) is 35.0 Å². The minimum atomic E-state index is -0.383. The number of aryl methyl sites for hydroxylation is 1. The van der Waals surface area contributed by atoms with Crippen molar-refractivity contribution in [2.45, 2.75) is 25.1 Å². The van der Waals surface area contributed by atoms with Crippen LogP contribution < -0.4 is 0 Å². The van der Waals surface area contributed by atoms with E-state index in [9.17, 15) is 9.18 Å². The summed E-state index contributed by atoms with van der Waals surface area (Å²) in [6, 6.07) is 4.93. The van der Waals surface area contributed by atoms with E-state index >= 15 is 0 Å². The highest BCUT2D eigenvalue weighted by molar-refractivity contribution is 9.10. The maximum Gasteiger partial charge on any atom is 0.179 e. The van der Waals surface area contributed by atoms with E-state index in [2.05, 4.69) is 15.9 Å². The third-order valence-corrected chi connectivity index (χ3v) is 2.50. The van der Waals surface area contributed by atoms with Crippen LogP contribution in [0.15, 0.2) is 18.2 Å². The molecule has 0 aromatic heterocycles. The summed E-state index contributed by atoms with van der Waals surface area (Å²) in [7, 11) is 0. The Labute approximate surface area is 91.5 Å². The molecule has 1 atom stereocenters. The van der Waals surface area contributed by atoms with Gasteiger partial charge in [-0.25, -0.2) is 4.39 Å². The highest BCUT2D eigenvalue weighted by Gasteiger charge is 2.17. The first-order valence-corrected chi connectivity index (χ1v) is 5.45. The first-order chi connectivity index (χ1) is 6.57. The molecule has 0 radical (unpaired) electrons. The van der Waals surface area contributed by atoms with Gasteiger partial charge in [0.2, 0.25) is 0 Å². The molecule has 1 aromatic rings. The molecule has 76 valence electrons. The van der Waals surface area contributed by atoms with Crippen LogP contribution >= 0.6 is 15.9 Å². The van der Waals surface area contributed by atoms with Crippen LogP contribution in [0.5, 0.6) is 0 Å². The van der Waals surface area contributed by atoms with Crippen LogP contribution in [0.1, 0.15) is 29.8 Å². The minimum Gasteiger partial charge on any atom is -0.293 e. The predicted octanol–water partition coefficient (Wildman–Crippen LogP) is 3.35. The maximum atomic E-state index is 13.6. The molecular weight excluding hydrogens is 247 g/mol. The fraction of sp³-hybridized carbons (Fsp3) is 0.364. The van der Waals surface area contributed by atoms with E-state index in [0.717, 1.165) is 0 Å². The summed E-state index contributed by atoms with van der Waals surface area (Å²) >= 11 is 3.14. The molecule has 1 nitrogen and oxygen atoms in total. The van der Waals surface area contributed by atoms with Crippen molar-refractivity contribution >= 4 is 21.7 Å². The van der Waals surface area contributed by atoms with Crippen molar-refractivity contribution in [1.82, 2.24) is 0 Å². The van der Waals surface area contributed by atoms with Crippen molar-refractivity contribution in [3.8, 4) is 0 Å². The minimum absolute atomic E-state index is 0.175. The number of alkyl halides is 1. The molecule has 1 aromatic carbocycles. The molecule has 1 rings (SSSR count). The van der Waals surface area contributed by atoms with Gasteiger partial charge in [-0.05, 0) is 25.0 Å². The molecule has 0 aliphatic heterocycles. The van der Waals surface area contributed by atoms with E-state index in [4.69, 9.17) is 0 Å². The Bertz CT molecular complexity index is 347. The number of benzene rings is 1. The second-order valence-electron chi connectivity index (χ2n) is 3.11. The molecule has 0 saturated carbocycles. The summed E-state index contributed by atoms with van der Waals surface area (Å²) in [5.41, 5.74) is 0.762. The third-order valence-electron chi connectivity index (χ3n) is 2.09. The maximum absolute atomic E-state index is 13.6. The molecule has 0 fully saturated rings. The largest absolute Gasteiger partial charge is 0.293 e. The number of carbonyl (C=O) groups excluding carboxylic acids is 1. The average Bonchev–Trinajstić information content (AvgIpc) is 2.17. The van der Waals surface area contributed by atoms with Crippen molar-refractivity contribution in [2.24, 2.45) is 0 Å². The zero-order valence-corrected chi connectivity index (χ0v) is 9.77. The average molecular weight is 259 g/mol. The van der Waals surface area contributed by atoms with E-state index in [-0.39, 0.29) is 22.0 Å². The second-order valence-corrected chi connectivity index (χ2v) is 4.49. The van der Waals surface area contributed by atoms with Gasteiger partial charge in [0.15, 0.2) is 5.78 Å². The van der Waals surface area contributed by atoms with E-state index in [0.29, 0.717) is 12.0 Å². The number of halogens is 2. The van der Waals surface area contributed by atoms with E-state index in [1.807, 2.05) is 6.92 Å². The molecule has 14 heavy (non-hydrogen) atoms. The summed E-state index contributed by atoms with van der Waals surface area (Å²) in [5.74, 6) is -0.593. The smallest absolute Gasteiger partial charge is 0.179 e. The molecule has 0 saturated heterocycles. The molecule has 0 heterocycles. The SMILES string of the molecule is CCc1cccc(C(=O)C(C)Br)c1F. The molecule has 1 unspecified atom stereocenters. The number of Topliss-reactive ketones (excluding diaryl/α,β-unsaturated/α-hetero) is 1. The van der Waals surface area contributed by atoms with Gasteiger partial charge in [0.1, 0.15) is 5.82 Å². The summed E-state index contributed by atoms with van der Waals surface area (Å²) < 4.78 is 13.6. The summed E-state index contributed by atoms with van der Waals surface area (Å²) in [6.45, 7) is 3.56. The van der Waals surface area contributed by atoms with Crippen molar-refractivity contribution in [3.05, 3.63) is 35.1 Å². The zero-order chi connectivity index (χ0) is 10.7. The van der Waals surface area contributed by atoms with Gasteiger partial charge in [0.05, 0.1) is 10.4 Å². The van der Waals surface area contributed by atoms with Crippen LogP contribution in [0.3, 0.4) is 0 Å². The van der Waals surface area contributed by atoms with E-state index < -0.39 is 0 Å². The first kappa shape index (κ1) is 11.4. The molecule has 0 amide bonds. The molecule has 3 heteroatoms. The highest BCUT2D eigenvalue weighted by Crippen LogP contribution is 2.17. The Kier molecular flexibility index (Phi) is 3.81. The molecule has 0 aliphatic carbocycles. The lowest BCUT2D eigenvalue weighted by molar-refractivity contribution is 0.0992. The number of carbonyl (C=O) groups is 1. The molecule has 0 N–H and O–H groups in total. The quantitative estimate of drug-likeness (QED) is 0.601. The number of hydrogen-bond donors (Lipinski definition) is 0. The lowest BCUT2D eigenvalue weighted by Crippen LogP contribution is -2.13. The van der Waals surface area contributed by atoms with Crippen LogP contribution in [0.4, 0.5) is 4.39 Å². The molecule has 0 spiro atoms. The van der Waals surface area contributed by atoms with Crippen LogP contribution in [0.2, 0.25) is 0 Å². The van der Waals surface area contributed by atoms with Crippen molar-refractivity contribution in [1.29, 1.82) is 0 Å². The van der Waals surface area contributed by atoms with Gasteiger partial charge in [-0.3, -0.25) is 4.79 Å². The van der Waals surface area contributed by atoms with Crippen LogP contribution in [0.25, 0.3) is 0 Å². The highest BCUT2D eigenvalue weighted by atomic mass is 79.9. The van der Waals surface area contributed by atoms with E-state index in [1.54, 1.807) is 19.1 Å².